The van der Waals surface area contributed by atoms with Gasteiger partial charge in [0.05, 0.1) is 41.5 Å². The van der Waals surface area contributed by atoms with Crippen LogP contribution >= 0.6 is 39.1 Å². The SMILES string of the molecule is COc1ccc(NS(=O)(=O)c2cc(NC(=O)CNC(=O)c3ccc(Cl)cc3Cl)ccc2OC)cc1Br. The van der Waals surface area contributed by atoms with Crippen molar-refractivity contribution >= 4 is 72.3 Å². The number of carbonyl (C=O) groups excluding carboxylic acids is 2. The summed E-state index contributed by atoms with van der Waals surface area (Å²) in [6.07, 6.45) is 0. The Morgan fingerprint density at radius 3 is 2.22 bits per heavy atom. The van der Waals surface area contributed by atoms with Crippen LogP contribution in [-0.2, 0) is 14.8 Å². The van der Waals surface area contributed by atoms with Crippen LogP contribution in [0.25, 0.3) is 0 Å². The van der Waals surface area contributed by atoms with Gasteiger partial charge in [0.15, 0.2) is 0 Å². The number of halogens is 3. The van der Waals surface area contributed by atoms with E-state index in [9.17, 15) is 18.0 Å². The maximum absolute atomic E-state index is 13.1. The molecule has 3 rings (SSSR count). The number of rotatable bonds is 9. The average molecular weight is 617 g/mol. The van der Waals surface area contributed by atoms with Crippen molar-refractivity contribution in [2.24, 2.45) is 0 Å². The lowest BCUT2D eigenvalue weighted by atomic mass is 10.2. The molecule has 0 aliphatic carbocycles. The Hall–Kier alpha value is -2.99. The van der Waals surface area contributed by atoms with E-state index in [1.165, 1.54) is 56.7 Å². The van der Waals surface area contributed by atoms with Crippen LogP contribution in [0.3, 0.4) is 0 Å². The Labute approximate surface area is 226 Å². The molecule has 0 bridgehead atoms. The second-order valence-corrected chi connectivity index (χ2v) is 10.5. The molecule has 0 fully saturated rings. The fourth-order valence-electron chi connectivity index (χ4n) is 3.04. The van der Waals surface area contributed by atoms with Crippen LogP contribution in [0.2, 0.25) is 10.0 Å². The van der Waals surface area contributed by atoms with E-state index >= 15 is 0 Å². The number of benzene rings is 3. The van der Waals surface area contributed by atoms with Gasteiger partial charge >= 0.3 is 0 Å². The lowest BCUT2D eigenvalue weighted by molar-refractivity contribution is -0.115. The minimum atomic E-state index is -4.10. The Balaban J connectivity index is 1.73. The Kier molecular flexibility index (Phi) is 9.07. The largest absolute Gasteiger partial charge is 0.496 e. The molecule has 0 aromatic heterocycles. The maximum Gasteiger partial charge on any atom is 0.265 e. The molecular formula is C23H20BrCl2N3O6S. The van der Waals surface area contributed by atoms with E-state index < -0.39 is 21.8 Å². The summed E-state index contributed by atoms with van der Waals surface area (Å²) in [5, 5.41) is 5.50. The number of sulfonamides is 1. The van der Waals surface area contributed by atoms with Crippen molar-refractivity contribution in [2.45, 2.75) is 4.90 Å². The molecule has 190 valence electrons. The normalized spacial score (nSPS) is 10.9. The van der Waals surface area contributed by atoms with Gasteiger partial charge in [0.2, 0.25) is 5.91 Å². The van der Waals surface area contributed by atoms with Crippen molar-refractivity contribution in [3.63, 3.8) is 0 Å². The first kappa shape index (κ1) is 27.6. The molecule has 0 atom stereocenters. The van der Waals surface area contributed by atoms with Crippen LogP contribution in [0.15, 0.2) is 64.0 Å². The molecule has 0 saturated carbocycles. The second kappa shape index (κ2) is 11.8. The Morgan fingerprint density at radius 1 is 0.917 bits per heavy atom. The minimum absolute atomic E-state index is 0.0683. The van der Waals surface area contributed by atoms with Crippen molar-refractivity contribution < 1.29 is 27.5 Å². The van der Waals surface area contributed by atoms with Crippen LogP contribution in [0.1, 0.15) is 10.4 Å². The summed E-state index contributed by atoms with van der Waals surface area (Å²) in [5.41, 5.74) is 0.613. The summed E-state index contributed by atoms with van der Waals surface area (Å²) < 4.78 is 39.5. The third kappa shape index (κ3) is 6.82. The van der Waals surface area contributed by atoms with Crippen LogP contribution in [0, 0.1) is 0 Å². The predicted octanol–water partition coefficient (Wildman–Crippen LogP) is 4.94. The van der Waals surface area contributed by atoms with Crippen LogP contribution in [0.4, 0.5) is 11.4 Å². The Morgan fingerprint density at radius 2 is 1.58 bits per heavy atom. The summed E-state index contributed by atoms with van der Waals surface area (Å²) >= 11 is 15.1. The molecule has 0 aliphatic rings. The van der Waals surface area contributed by atoms with Crippen LogP contribution in [0.5, 0.6) is 11.5 Å². The van der Waals surface area contributed by atoms with E-state index in [2.05, 4.69) is 31.3 Å². The molecule has 3 aromatic carbocycles. The summed E-state index contributed by atoms with van der Waals surface area (Å²) in [6.45, 7) is -0.385. The molecule has 3 N–H and O–H groups in total. The molecular weight excluding hydrogens is 597 g/mol. The van der Waals surface area contributed by atoms with E-state index in [0.717, 1.165) is 0 Å². The van der Waals surface area contributed by atoms with Gasteiger partial charge in [0.25, 0.3) is 15.9 Å². The predicted molar refractivity (Wildman–Crippen MR) is 142 cm³/mol. The van der Waals surface area contributed by atoms with Gasteiger partial charge in [0.1, 0.15) is 16.4 Å². The molecule has 9 nitrogen and oxygen atoms in total. The van der Waals surface area contributed by atoms with E-state index in [1.54, 1.807) is 12.1 Å². The highest BCUT2D eigenvalue weighted by atomic mass is 79.9. The van der Waals surface area contributed by atoms with Gasteiger partial charge in [-0.15, -0.1) is 0 Å². The van der Waals surface area contributed by atoms with Crippen molar-refractivity contribution in [3.05, 3.63) is 74.7 Å². The summed E-state index contributed by atoms with van der Waals surface area (Å²) in [4.78, 5) is 24.5. The van der Waals surface area contributed by atoms with E-state index in [1.807, 2.05) is 0 Å². The maximum atomic E-state index is 13.1. The lowest BCUT2D eigenvalue weighted by Crippen LogP contribution is -2.33. The smallest absolute Gasteiger partial charge is 0.265 e. The van der Waals surface area contributed by atoms with Gasteiger partial charge in [-0.05, 0) is 70.5 Å². The summed E-state index contributed by atoms with van der Waals surface area (Å²) in [7, 11) is -1.28. The van der Waals surface area contributed by atoms with Crippen molar-refractivity contribution in [3.8, 4) is 11.5 Å². The van der Waals surface area contributed by atoms with Crippen molar-refractivity contribution in [1.82, 2.24) is 5.32 Å². The standard InChI is InChI=1S/C23H20BrCl2N3O6S/c1-34-19-7-5-15(10-17(19)24)29-36(32,33)21-11-14(4-8-20(21)35-2)28-22(30)12-27-23(31)16-6-3-13(25)9-18(16)26/h3-11,29H,12H2,1-2H3,(H,27,31)(H,28,30). The van der Waals surface area contributed by atoms with E-state index in [4.69, 9.17) is 32.7 Å². The number of methoxy groups -OCH3 is 2. The first-order valence-corrected chi connectivity index (χ1v) is 13.1. The molecule has 36 heavy (non-hydrogen) atoms. The topological polar surface area (TPSA) is 123 Å². The molecule has 0 radical (unpaired) electrons. The molecule has 0 saturated heterocycles. The molecule has 3 aromatic rings. The second-order valence-electron chi connectivity index (χ2n) is 7.18. The number of ether oxygens (including phenoxy) is 2. The highest BCUT2D eigenvalue weighted by Gasteiger charge is 2.22. The van der Waals surface area contributed by atoms with Gasteiger partial charge in [-0.1, -0.05) is 23.2 Å². The van der Waals surface area contributed by atoms with Gasteiger partial charge in [-0.2, -0.15) is 0 Å². The summed E-state index contributed by atoms with van der Waals surface area (Å²) in [5.74, 6) is -0.557. The molecule has 0 spiro atoms. The lowest BCUT2D eigenvalue weighted by Gasteiger charge is -2.14. The highest BCUT2D eigenvalue weighted by molar-refractivity contribution is 9.10. The van der Waals surface area contributed by atoms with E-state index in [0.29, 0.717) is 15.2 Å². The van der Waals surface area contributed by atoms with Crippen molar-refractivity contribution in [2.75, 3.05) is 30.8 Å². The fraction of sp³-hybridized carbons (Fsp3) is 0.130. The average Bonchev–Trinajstić information content (AvgIpc) is 2.82. The number of carbonyl (C=O) groups is 2. The minimum Gasteiger partial charge on any atom is -0.496 e. The fourth-order valence-corrected chi connectivity index (χ4v) is 5.32. The monoisotopic (exact) mass is 615 g/mol. The summed E-state index contributed by atoms with van der Waals surface area (Å²) in [6, 6.07) is 13.1. The van der Waals surface area contributed by atoms with Gasteiger partial charge in [0, 0.05) is 10.7 Å². The van der Waals surface area contributed by atoms with E-state index in [-0.39, 0.29) is 39.2 Å². The van der Waals surface area contributed by atoms with Gasteiger partial charge in [-0.25, -0.2) is 8.42 Å². The van der Waals surface area contributed by atoms with Gasteiger partial charge < -0.3 is 20.1 Å². The number of nitrogens with one attached hydrogen (secondary N) is 3. The quantitative estimate of drug-likeness (QED) is 0.313. The first-order valence-electron chi connectivity index (χ1n) is 10.1. The Bertz CT molecular complexity index is 1420. The zero-order chi connectivity index (χ0) is 26.5. The zero-order valence-electron chi connectivity index (χ0n) is 18.9. The number of anilines is 2. The highest BCUT2D eigenvalue weighted by Crippen LogP contribution is 2.32. The molecule has 13 heteroatoms. The van der Waals surface area contributed by atoms with Crippen LogP contribution in [-0.4, -0.2) is 41.0 Å². The number of amides is 2. The molecule has 2 amide bonds. The first-order chi connectivity index (χ1) is 17.0. The number of hydrogen-bond donors (Lipinski definition) is 3. The third-order valence-electron chi connectivity index (χ3n) is 4.73. The molecule has 0 unspecified atom stereocenters. The number of hydrogen-bond acceptors (Lipinski definition) is 6. The van der Waals surface area contributed by atoms with Gasteiger partial charge in [-0.3, -0.25) is 14.3 Å². The molecule has 0 aliphatic heterocycles. The third-order valence-corrected chi connectivity index (χ3v) is 7.30. The molecule has 0 heterocycles. The zero-order valence-corrected chi connectivity index (χ0v) is 22.8. The van der Waals surface area contributed by atoms with Crippen molar-refractivity contribution in [1.29, 1.82) is 0 Å². The van der Waals surface area contributed by atoms with Crippen LogP contribution < -0.4 is 24.8 Å².